The fraction of sp³-hybridized carbons (Fsp3) is 0.556. The molecule has 0 aliphatic carbocycles. The molecule has 128 valence electrons. The van der Waals surface area contributed by atoms with E-state index in [2.05, 4.69) is 10.2 Å². The number of carbonyl (C=O) groups is 2. The summed E-state index contributed by atoms with van der Waals surface area (Å²) in [6.45, 7) is 2.03. The Balaban J connectivity index is 1.46. The molecule has 0 saturated carbocycles. The molecular formula is C18H22FN3O2. The first-order chi connectivity index (χ1) is 11.6. The van der Waals surface area contributed by atoms with E-state index in [9.17, 15) is 14.0 Å². The molecule has 2 bridgehead atoms. The lowest BCUT2D eigenvalue weighted by Gasteiger charge is -2.52. The van der Waals surface area contributed by atoms with Gasteiger partial charge < -0.3 is 15.1 Å². The topological polar surface area (TPSA) is 52.7 Å². The standard InChI is InChI=1S/C18H22FN3O2/c19-14-4-1-2-5-15(14)20-18(24)21-9-12-8-13(11-21)16-6-3-7-17(23)22(16)10-12/h1-2,4-5,12-13,16H,3,6-11H2,(H,20,24)/t12?,13?,16-/m1/s1. The number of likely N-dealkylation sites (tertiary alicyclic amines) is 1. The van der Waals surface area contributed by atoms with Crippen LogP contribution in [0.3, 0.4) is 0 Å². The number of rotatable bonds is 1. The molecule has 3 aliphatic heterocycles. The monoisotopic (exact) mass is 331 g/mol. The first-order valence-corrected chi connectivity index (χ1v) is 8.72. The maximum absolute atomic E-state index is 13.7. The number of para-hydroxylation sites is 1. The Labute approximate surface area is 140 Å². The summed E-state index contributed by atoms with van der Waals surface area (Å²) in [5.74, 6) is 0.513. The van der Waals surface area contributed by atoms with Crippen molar-refractivity contribution in [2.75, 3.05) is 25.0 Å². The molecule has 3 amide bonds. The number of halogens is 1. The predicted molar refractivity (Wildman–Crippen MR) is 87.9 cm³/mol. The molecule has 3 atom stereocenters. The van der Waals surface area contributed by atoms with Gasteiger partial charge in [-0.15, -0.1) is 0 Å². The second-order valence-electron chi connectivity index (χ2n) is 7.18. The largest absolute Gasteiger partial charge is 0.339 e. The minimum Gasteiger partial charge on any atom is -0.339 e. The van der Waals surface area contributed by atoms with E-state index in [1.54, 1.807) is 23.1 Å². The second-order valence-corrected chi connectivity index (χ2v) is 7.18. The van der Waals surface area contributed by atoms with E-state index in [4.69, 9.17) is 0 Å². The van der Waals surface area contributed by atoms with Gasteiger partial charge in [0.1, 0.15) is 5.82 Å². The third kappa shape index (κ3) is 2.74. The van der Waals surface area contributed by atoms with Crippen molar-refractivity contribution in [1.29, 1.82) is 0 Å². The predicted octanol–water partition coefficient (Wildman–Crippen LogP) is 2.69. The van der Waals surface area contributed by atoms with Crippen molar-refractivity contribution in [3.63, 3.8) is 0 Å². The summed E-state index contributed by atoms with van der Waals surface area (Å²) < 4.78 is 13.7. The molecule has 2 unspecified atom stereocenters. The van der Waals surface area contributed by atoms with E-state index < -0.39 is 5.82 Å². The first kappa shape index (κ1) is 15.4. The Morgan fingerprint density at radius 3 is 2.88 bits per heavy atom. The number of hydrogen-bond acceptors (Lipinski definition) is 2. The zero-order chi connectivity index (χ0) is 16.7. The fourth-order valence-electron chi connectivity index (χ4n) is 4.53. The van der Waals surface area contributed by atoms with Gasteiger partial charge in [0.2, 0.25) is 5.91 Å². The average Bonchev–Trinajstić information content (AvgIpc) is 2.58. The highest BCUT2D eigenvalue weighted by molar-refractivity contribution is 5.89. The van der Waals surface area contributed by atoms with Crippen molar-refractivity contribution in [3.05, 3.63) is 30.1 Å². The van der Waals surface area contributed by atoms with Crippen LogP contribution in [0.4, 0.5) is 14.9 Å². The van der Waals surface area contributed by atoms with Gasteiger partial charge in [-0.25, -0.2) is 9.18 Å². The number of piperidine rings is 3. The first-order valence-electron chi connectivity index (χ1n) is 8.72. The Hall–Kier alpha value is -2.11. The smallest absolute Gasteiger partial charge is 0.321 e. The van der Waals surface area contributed by atoms with Crippen molar-refractivity contribution in [2.24, 2.45) is 11.8 Å². The highest BCUT2D eigenvalue weighted by Gasteiger charge is 2.44. The number of nitrogens with zero attached hydrogens (tertiary/aromatic N) is 2. The van der Waals surface area contributed by atoms with Crippen LogP contribution in [0.2, 0.25) is 0 Å². The molecule has 3 saturated heterocycles. The zero-order valence-corrected chi connectivity index (χ0v) is 13.6. The number of urea groups is 1. The van der Waals surface area contributed by atoms with Crippen molar-refractivity contribution >= 4 is 17.6 Å². The molecule has 1 aromatic rings. The van der Waals surface area contributed by atoms with Gasteiger partial charge >= 0.3 is 6.03 Å². The number of nitrogens with one attached hydrogen (secondary N) is 1. The highest BCUT2D eigenvalue weighted by atomic mass is 19.1. The molecule has 3 aliphatic rings. The SMILES string of the molecule is O=C(Nc1ccccc1F)N1CC2CC(C1)[C@H]1CCCC(=O)N1C2. The summed E-state index contributed by atoms with van der Waals surface area (Å²) in [4.78, 5) is 28.5. The van der Waals surface area contributed by atoms with Gasteiger partial charge in [0, 0.05) is 32.1 Å². The van der Waals surface area contributed by atoms with Crippen LogP contribution in [0.25, 0.3) is 0 Å². The van der Waals surface area contributed by atoms with Gasteiger partial charge in [-0.2, -0.15) is 0 Å². The number of carbonyl (C=O) groups excluding carboxylic acids is 2. The summed E-state index contributed by atoms with van der Waals surface area (Å²) in [6.07, 6.45) is 3.72. The zero-order valence-electron chi connectivity index (χ0n) is 13.6. The Morgan fingerprint density at radius 2 is 2.04 bits per heavy atom. The van der Waals surface area contributed by atoms with E-state index in [-0.39, 0.29) is 23.7 Å². The van der Waals surface area contributed by atoms with Crippen LogP contribution < -0.4 is 5.32 Å². The van der Waals surface area contributed by atoms with Gasteiger partial charge in [-0.05, 0) is 43.2 Å². The molecule has 6 heteroatoms. The summed E-state index contributed by atoms with van der Waals surface area (Å²) >= 11 is 0. The third-order valence-electron chi connectivity index (χ3n) is 5.58. The van der Waals surface area contributed by atoms with Crippen LogP contribution in [-0.4, -0.2) is 47.4 Å². The summed E-state index contributed by atoms with van der Waals surface area (Å²) in [6, 6.07) is 6.24. The molecule has 0 aromatic heterocycles. The lowest BCUT2D eigenvalue weighted by molar-refractivity contribution is -0.144. The molecule has 0 radical (unpaired) electrons. The van der Waals surface area contributed by atoms with E-state index in [0.29, 0.717) is 31.3 Å². The number of benzene rings is 1. The maximum Gasteiger partial charge on any atom is 0.321 e. The Bertz CT molecular complexity index is 665. The lowest BCUT2D eigenvalue weighted by atomic mass is 9.76. The van der Waals surface area contributed by atoms with E-state index in [0.717, 1.165) is 25.8 Å². The van der Waals surface area contributed by atoms with Gasteiger partial charge in [-0.1, -0.05) is 12.1 Å². The van der Waals surface area contributed by atoms with Crippen LogP contribution in [-0.2, 0) is 4.79 Å². The van der Waals surface area contributed by atoms with Gasteiger partial charge in [0.25, 0.3) is 0 Å². The van der Waals surface area contributed by atoms with Gasteiger partial charge in [0.05, 0.1) is 5.69 Å². The number of hydrogen-bond donors (Lipinski definition) is 1. The molecule has 3 heterocycles. The van der Waals surface area contributed by atoms with Crippen molar-refractivity contribution in [2.45, 2.75) is 31.7 Å². The third-order valence-corrected chi connectivity index (χ3v) is 5.58. The molecule has 1 N–H and O–H groups in total. The maximum atomic E-state index is 13.7. The summed E-state index contributed by atoms with van der Waals surface area (Å²) in [7, 11) is 0. The fourth-order valence-corrected chi connectivity index (χ4v) is 4.53. The molecule has 4 rings (SSSR count). The molecule has 5 nitrogen and oxygen atoms in total. The van der Waals surface area contributed by atoms with E-state index in [1.165, 1.54) is 6.07 Å². The molecular weight excluding hydrogens is 309 g/mol. The van der Waals surface area contributed by atoms with Crippen molar-refractivity contribution in [1.82, 2.24) is 9.80 Å². The van der Waals surface area contributed by atoms with Gasteiger partial charge in [0.15, 0.2) is 0 Å². The minimum absolute atomic E-state index is 0.215. The molecule has 0 spiro atoms. The number of amides is 3. The van der Waals surface area contributed by atoms with Crippen LogP contribution in [0.15, 0.2) is 24.3 Å². The van der Waals surface area contributed by atoms with Crippen LogP contribution in [0.1, 0.15) is 25.7 Å². The number of anilines is 1. The Kier molecular flexibility index (Phi) is 3.90. The summed E-state index contributed by atoms with van der Waals surface area (Å²) in [5.41, 5.74) is 0.215. The van der Waals surface area contributed by atoms with Crippen LogP contribution in [0, 0.1) is 17.7 Å². The molecule has 1 aromatic carbocycles. The average molecular weight is 331 g/mol. The van der Waals surface area contributed by atoms with E-state index >= 15 is 0 Å². The van der Waals surface area contributed by atoms with Crippen molar-refractivity contribution in [3.8, 4) is 0 Å². The van der Waals surface area contributed by atoms with E-state index in [1.807, 2.05) is 0 Å². The van der Waals surface area contributed by atoms with Gasteiger partial charge in [-0.3, -0.25) is 4.79 Å². The quantitative estimate of drug-likeness (QED) is 0.860. The lowest BCUT2D eigenvalue weighted by Crippen LogP contribution is -2.61. The second kappa shape index (κ2) is 6.07. The van der Waals surface area contributed by atoms with Crippen LogP contribution >= 0.6 is 0 Å². The number of fused-ring (bicyclic) bond motifs is 4. The summed E-state index contributed by atoms with van der Waals surface area (Å²) in [5, 5.41) is 2.68. The highest BCUT2D eigenvalue weighted by Crippen LogP contribution is 2.38. The normalized spacial score (nSPS) is 29.2. The van der Waals surface area contributed by atoms with Crippen LogP contribution in [0.5, 0.6) is 0 Å². The minimum atomic E-state index is -0.424. The molecule has 3 fully saturated rings. The van der Waals surface area contributed by atoms with Crippen molar-refractivity contribution < 1.29 is 14.0 Å². The molecule has 24 heavy (non-hydrogen) atoms. The Morgan fingerprint density at radius 1 is 1.21 bits per heavy atom.